The minimum absolute atomic E-state index is 0.0379. The molecule has 0 spiro atoms. The standard InChI is InChI=1S/C32H62O4.C8H11NO3/c1-3-5-7-9-11-13-15-17-19-21-23-25-30(28-32(35)36)29(26-27-31(33)34)24-22-20-18-16-14-12-10-8-6-4-2;1-5-8(12)7(4-11)6(3-10)2-9-5/h29-30H,3-28H2,1-2H3,(H,33,34)(H,35,36);2,10-12H,3-4H2,1H3. The van der Waals surface area contributed by atoms with Crippen molar-refractivity contribution in [2.24, 2.45) is 11.8 Å². The van der Waals surface area contributed by atoms with Gasteiger partial charge in [0, 0.05) is 30.2 Å². The molecule has 1 heterocycles. The van der Waals surface area contributed by atoms with Gasteiger partial charge in [-0.2, -0.15) is 0 Å². The van der Waals surface area contributed by atoms with E-state index in [9.17, 15) is 24.9 Å². The van der Waals surface area contributed by atoms with Crippen LogP contribution in [-0.4, -0.2) is 42.5 Å². The van der Waals surface area contributed by atoms with Crippen molar-refractivity contribution >= 4 is 11.9 Å². The number of aryl methyl sites for hydroxylation is 1. The Morgan fingerprint density at radius 3 is 1.40 bits per heavy atom. The first-order valence-electron chi connectivity index (χ1n) is 19.5. The first kappa shape index (κ1) is 45.8. The van der Waals surface area contributed by atoms with E-state index in [1.807, 2.05) is 0 Å². The number of unbranched alkanes of at least 4 members (excludes halogenated alkanes) is 19. The van der Waals surface area contributed by atoms with Gasteiger partial charge in [0.15, 0.2) is 0 Å². The molecule has 2 unspecified atom stereocenters. The number of aliphatic hydroxyl groups excluding tert-OH is 2. The maximum Gasteiger partial charge on any atom is 0.303 e. The number of carboxylic acid groups (broad SMARTS) is 2. The summed E-state index contributed by atoms with van der Waals surface area (Å²) < 4.78 is 0. The molecule has 0 aliphatic heterocycles. The van der Waals surface area contributed by atoms with E-state index in [4.69, 9.17) is 10.2 Å². The molecule has 0 aliphatic carbocycles. The van der Waals surface area contributed by atoms with Crippen molar-refractivity contribution in [3.8, 4) is 5.75 Å². The average Bonchev–Trinajstić information content (AvgIpc) is 3.06. The van der Waals surface area contributed by atoms with E-state index in [1.54, 1.807) is 6.92 Å². The maximum absolute atomic E-state index is 11.6. The van der Waals surface area contributed by atoms with Gasteiger partial charge in [-0.15, -0.1) is 0 Å². The molecule has 0 aliphatic rings. The van der Waals surface area contributed by atoms with Crippen molar-refractivity contribution in [1.29, 1.82) is 0 Å². The van der Waals surface area contributed by atoms with Crippen LogP contribution in [0.4, 0.5) is 0 Å². The van der Waals surface area contributed by atoms with Gasteiger partial charge in [0.25, 0.3) is 0 Å². The zero-order valence-electron chi connectivity index (χ0n) is 31.0. The number of carbonyl (C=O) groups is 2. The van der Waals surface area contributed by atoms with Crippen LogP contribution in [0, 0.1) is 18.8 Å². The SMILES string of the molecule is CCCCCCCCCCCCCC(CC(=O)O)C(CCCCCCCCCCCC)CCC(=O)O.Cc1ncc(CO)c(CO)c1O. The van der Waals surface area contributed by atoms with E-state index in [0.29, 0.717) is 23.2 Å². The van der Waals surface area contributed by atoms with Crippen LogP contribution in [0.15, 0.2) is 6.20 Å². The zero-order valence-corrected chi connectivity index (χ0v) is 31.0. The Morgan fingerprint density at radius 2 is 1.02 bits per heavy atom. The van der Waals surface area contributed by atoms with Crippen LogP contribution in [0.25, 0.3) is 0 Å². The van der Waals surface area contributed by atoms with E-state index in [-0.39, 0.29) is 43.6 Å². The summed E-state index contributed by atoms with van der Waals surface area (Å²) in [5.74, 6) is -1.17. The summed E-state index contributed by atoms with van der Waals surface area (Å²) in [5, 5.41) is 45.8. The van der Waals surface area contributed by atoms with Crippen LogP contribution in [0.3, 0.4) is 0 Å². The number of aliphatic carboxylic acids is 2. The van der Waals surface area contributed by atoms with Crippen LogP contribution in [0.2, 0.25) is 0 Å². The average molecular weight is 680 g/mol. The van der Waals surface area contributed by atoms with Gasteiger partial charge >= 0.3 is 11.9 Å². The quantitative estimate of drug-likeness (QED) is 0.0487. The maximum atomic E-state index is 11.6. The predicted molar refractivity (Wildman–Crippen MR) is 196 cm³/mol. The van der Waals surface area contributed by atoms with Gasteiger partial charge in [0.1, 0.15) is 5.75 Å². The lowest BCUT2D eigenvalue weighted by molar-refractivity contribution is -0.138. The molecule has 1 rings (SSSR count). The van der Waals surface area contributed by atoms with E-state index >= 15 is 0 Å². The fraction of sp³-hybridized carbons (Fsp3) is 0.825. The Hall–Kier alpha value is -2.19. The molecule has 2 atom stereocenters. The second-order valence-corrected chi connectivity index (χ2v) is 13.9. The molecule has 1 aromatic rings. The van der Waals surface area contributed by atoms with Gasteiger partial charge in [0.2, 0.25) is 0 Å². The molecule has 8 nitrogen and oxygen atoms in total. The lowest BCUT2D eigenvalue weighted by atomic mass is 9.79. The highest BCUT2D eigenvalue weighted by Gasteiger charge is 2.24. The summed E-state index contributed by atoms with van der Waals surface area (Å²) in [7, 11) is 0. The molecular formula is C40H73NO7. The highest BCUT2D eigenvalue weighted by Crippen LogP contribution is 2.32. The topological polar surface area (TPSA) is 148 Å². The Kier molecular flexibility index (Phi) is 30.6. The number of carboxylic acids is 2. The number of rotatable bonds is 31. The Morgan fingerprint density at radius 1 is 0.604 bits per heavy atom. The van der Waals surface area contributed by atoms with Gasteiger partial charge in [-0.1, -0.05) is 155 Å². The van der Waals surface area contributed by atoms with Crippen LogP contribution in [0.5, 0.6) is 5.75 Å². The molecule has 8 heteroatoms. The van der Waals surface area contributed by atoms with Crippen molar-refractivity contribution in [3.05, 3.63) is 23.0 Å². The molecule has 5 N–H and O–H groups in total. The highest BCUT2D eigenvalue weighted by atomic mass is 16.4. The molecule has 0 bridgehead atoms. The molecular weight excluding hydrogens is 606 g/mol. The summed E-state index contributed by atoms with van der Waals surface area (Å²) in [4.78, 5) is 26.7. The molecule has 1 aromatic heterocycles. The number of aromatic nitrogens is 1. The minimum atomic E-state index is -0.758. The molecule has 0 amide bonds. The smallest absolute Gasteiger partial charge is 0.303 e. The third-order valence-corrected chi connectivity index (χ3v) is 9.70. The van der Waals surface area contributed by atoms with Gasteiger partial charge in [0.05, 0.1) is 18.9 Å². The number of hydrogen-bond donors (Lipinski definition) is 5. The monoisotopic (exact) mass is 680 g/mol. The molecule has 48 heavy (non-hydrogen) atoms. The second-order valence-electron chi connectivity index (χ2n) is 13.9. The summed E-state index contributed by atoms with van der Waals surface area (Å²) >= 11 is 0. The molecule has 280 valence electrons. The second kappa shape index (κ2) is 32.0. The van der Waals surface area contributed by atoms with Crippen molar-refractivity contribution < 1.29 is 35.1 Å². The number of aliphatic hydroxyl groups is 2. The van der Waals surface area contributed by atoms with E-state index in [0.717, 1.165) is 25.7 Å². The summed E-state index contributed by atoms with van der Waals surface area (Å²) in [6.45, 7) is 5.63. The third-order valence-electron chi connectivity index (χ3n) is 9.70. The summed E-state index contributed by atoms with van der Waals surface area (Å²) in [5.41, 5.74) is 1.27. The van der Waals surface area contributed by atoms with Gasteiger partial charge < -0.3 is 25.5 Å². The fourth-order valence-corrected chi connectivity index (χ4v) is 6.61. The zero-order chi connectivity index (χ0) is 35.8. The Balaban J connectivity index is 0.00000153. The van der Waals surface area contributed by atoms with E-state index < -0.39 is 11.9 Å². The first-order chi connectivity index (χ1) is 23.2. The molecule has 0 radical (unpaired) electrons. The van der Waals surface area contributed by atoms with Crippen LogP contribution in [-0.2, 0) is 22.8 Å². The molecule has 0 saturated carbocycles. The largest absolute Gasteiger partial charge is 0.506 e. The Bertz CT molecular complexity index is 923. The number of pyridine rings is 1. The van der Waals surface area contributed by atoms with E-state index in [1.165, 1.54) is 128 Å². The van der Waals surface area contributed by atoms with Crippen molar-refractivity contribution in [2.45, 2.75) is 201 Å². The van der Waals surface area contributed by atoms with Gasteiger partial charge in [-0.25, -0.2) is 0 Å². The number of hydrogen-bond acceptors (Lipinski definition) is 6. The van der Waals surface area contributed by atoms with Crippen molar-refractivity contribution in [2.75, 3.05) is 0 Å². The van der Waals surface area contributed by atoms with E-state index in [2.05, 4.69) is 18.8 Å². The fourth-order valence-electron chi connectivity index (χ4n) is 6.61. The highest BCUT2D eigenvalue weighted by molar-refractivity contribution is 5.67. The molecule has 0 saturated heterocycles. The minimum Gasteiger partial charge on any atom is -0.506 e. The molecule has 0 aromatic carbocycles. The molecule has 0 fully saturated rings. The van der Waals surface area contributed by atoms with Crippen molar-refractivity contribution in [3.63, 3.8) is 0 Å². The third kappa shape index (κ3) is 24.9. The predicted octanol–water partition coefficient (Wildman–Crippen LogP) is 10.7. The van der Waals surface area contributed by atoms with Gasteiger partial charge in [-0.05, 0) is 31.6 Å². The lowest BCUT2D eigenvalue weighted by Crippen LogP contribution is -2.20. The van der Waals surface area contributed by atoms with Crippen LogP contribution in [0.1, 0.15) is 198 Å². The first-order valence-corrected chi connectivity index (χ1v) is 19.5. The van der Waals surface area contributed by atoms with Crippen molar-refractivity contribution in [1.82, 2.24) is 4.98 Å². The summed E-state index contributed by atoms with van der Waals surface area (Å²) in [6, 6.07) is 0. The van der Waals surface area contributed by atoms with Crippen LogP contribution < -0.4 is 0 Å². The van der Waals surface area contributed by atoms with Gasteiger partial charge in [-0.3, -0.25) is 14.6 Å². The lowest BCUT2D eigenvalue weighted by Gasteiger charge is -2.26. The Labute approximate surface area is 293 Å². The number of nitrogens with zero attached hydrogens (tertiary/aromatic N) is 1. The summed E-state index contributed by atoms with van der Waals surface area (Å²) in [6.07, 6.45) is 31.5. The van der Waals surface area contributed by atoms with Crippen LogP contribution >= 0.6 is 0 Å². The normalized spacial score (nSPS) is 12.4. The number of aromatic hydroxyl groups is 1.